The van der Waals surface area contributed by atoms with Crippen molar-refractivity contribution in [2.45, 2.75) is 17.3 Å². The van der Waals surface area contributed by atoms with Crippen molar-refractivity contribution in [2.24, 2.45) is 0 Å². The van der Waals surface area contributed by atoms with Crippen molar-refractivity contribution >= 4 is 49.8 Å². The highest BCUT2D eigenvalue weighted by Gasteiger charge is 2.31. The van der Waals surface area contributed by atoms with E-state index >= 15 is 0 Å². The summed E-state index contributed by atoms with van der Waals surface area (Å²) >= 11 is 2.56. The van der Waals surface area contributed by atoms with E-state index in [0.717, 1.165) is 28.0 Å². The molecular formula is C15H17FN4O3S3. The standard InChI is InChI=1S/C15H17FN4O3S3/c1-4-9-24-15-19-18-14(25-15)17-13(21)10(2)20(26(3,22)23)12-8-6-5-7-11(12)16/h4-8,10H,1,9H2,2-3H3,(H,17,18,21). The lowest BCUT2D eigenvalue weighted by Gasteiger charge is -2.28. The van der Waals surface area contributed by atoms with Crippen LogP contribution in [0.25, 0.3) is 0 Å². The number of nitrogens with one attached hydrogen (secondary N) is 1. The minimum absolute atomic E-state index is 0.197. The Labute approximate surface area is 159 Å². The van der Waals surface area contributed by atoms with Crippen LogP contribution in [0.2, 0.25) is 0 Å². The molecule has 1 aromatic heterocycles. The molecule has 7 nitrogen and oxygen atoms in total. The molecular weight excluding hydrogens is 399 g/mol. The molecule has 1 amide bonds. The molecule has 1 heterocycles. The maximum atomic E-state index is 14.1. The minimum Gasteiger partial charge on any atom is -0.299 e. The normalized spacial score (nSPS) is 12.4. The molecule has 0 aliphatic carbocycles. The summed E-state index contributed by atoms with van der Waals surface area (Å²) in [6, 6.07) is 4.18. The third kappa shape index (κ3) is 5.02. The molecule has 0 bridgehead atoms. The van der Waals surface area contributed by atoms with Gasteiger partial charge >= 0.3 is 0 Å². The summed E-state index contributed by atoms with van der Waals surface area (Å²) in [4.78, 5) is 12.5. The highest BCUT2D eigenvalue weighted by atomic mass is 32.2. The van der Waals surface area contributed by atoms with Gasteiger partial charge in [0.15, 0.2) is 4.34 Å². The first-order valence-corrected chi connectivity index (χ1v) is 11.0. The smallest absolute Gasteiger partial charge is 0.249 e. The molecule has 0 aliphatic heterocycles. The van der Waals surface area contributed by atoms with Crippen LogP contribution in [0.3, 0.4) is 0 Å². The number of halogens is 1. The summed E-state index contributed by atoms with van der Waals surface area (Å²) < 4.78 is 39.7. The van der Waals surface area contributed by atoms with Gasteiger partial charge in [0.2, 0.25) is 21.1 Å². The number of nitrogens with zero attached hydrogens (tertiary/aromatic N) is 3. The monoisotopic (exact) mass is 416 g/mol. The highest BCUT2D eigenvalue weighted by molar-refractivity contribution is 8.01. The van der Waals surface area contributed by atoms with Gasteiger partial charge < -0.3 is 0 Å². The molecule has 0 saturated heterocycles. The topological polar surface area (TPSA) is 92.3 Å². The van der Waals surface area contributed by atoms with Crippen molar-refractivity contribution < 1.29 is 17.6 Å². The van der Waals surface area contributed by atoms with E-state index in [1.165, 1.54) is 36.9 Å². The van der Waals surface area contributed by atoms with Gasteiger partial charge in [-0.3, -0.25) is 14.4 Å². The van der Waals surface area contributed by atoms with Gasteiger partial charge in [0.25, 0.3) is 0 Å². The van der Waals surface area contributed by atoms with Crippen LogP contribution in [0, 0.1) is 5.82 Å². The maximum Gasteiger partial charge on any atom is 0.249 e. The van der Waals surface area contributed by atoms with Gasteiger partial charge in [0, 0.05) is 5.75 Å². The number of aromatic nitrogens is 2. The lowest BCUT2D eigenvalue weighted by atomic mass is 10.2. The summed E-state index contributed by atoms with van der Waals surface area (Å²) in [5.74, 6) is -0.736. The fourth-order valence-corrected chi connectivity index (χ4v) is 4.76. The van der Waals surface area contributed by atoms with Crippen LogP contribution < -0.4 is 9.62 Å². The second kappa shape index (κ2) is 8.60. The van der Waals surface area contributed by atoms with E-state index in [0.29, 0.717) is 10.1 Å². The van der Waals surface area contributed by atoms with E-state index in [2.05, 4.69) is 22.1 Å². The van der Waals surface area contributed by atoms with Crippen LogP contribution in [-0.4, -0.2) is 42.6 Å². The summed E-state index contributed by atoms with van der Waals surface area (Å²) in [6.07, 6.45) is 2.63. The molecule has 26 heavy (non-hydrogen) atoms. The number of benzene rings is 1. The zero-order valence-electron chi connectivity index (χ0n) is 14.0. The van der Waals surface area contributed by atoms with Crippen LogP contribution in [-0.2, 0) is 14.8 Å². The largest absolute Gasteiger partial charge is 0.299 e. The molecule has 140 valence electrons. The van der Waals surface area contributed by atoms with Gasteiger partial charge in [-0.2, -0.15) is 0 Å². The van der Waals surface area contributed by atoms with Crippen molar-refractivity contribution in [1.29, 1.82) is 0 Å². The Morgan fingerprint density at radius 3 is 2.77 bits per heavy atom. The van der Waals surface area contributed by atoms with Crippen LogP contribution in [0.15, 0.2) is 41.3 Å². The predicted octanol–water partition coefficient (Wildman–Crippen LogP) is 2.75. The van der Waals surface area contributed by atoms with Gasteiger partial charge in [0.1, 0.15) is 11.9 Å². The molecule has 11 heteroatoms. The second-order valence-electron chi connectivity index (χ2n) is 5.15. The molecule has 1 atom stereocenters. The lowest BCUT2D eigenvalue weighted by Crippen LogP contribution is -2.45. The summed E-state index contributed by atoms with van der Waals surface area (Å²) in [7, 11) is -3.90. The third-order valence-electron chi connectivity index (χ3n) is 3.14. The number of thioether (sulfide) groups is 1. The van der Waals surface area contributed by atoms with Crippen molar-refractivity contribution in [1.82, 2.24) is 10.2 Å². The first-order valence-electron chi connectivity index (χ1n) is 7.36. The zero-order chi connectivity index (χ0) is 19.3. The number of sulfonamides is 1. The Morgan fingerprint density at radius 2 is 2.15 bits per heavy atom. The maximum absolute atomic E-state index is 14.1. The average Bonchev–Trinajstić information content (AvgIpc) is 3.01. The number of anilines is 2. The Morgan fingerprint density at radius 1 is 1.46 bits per heavy atom. The summed E-state index contributed by atoms with van der Waals surface area (Å²) in [5, 5.41) is 10.5. The molecule has 1 unspecified atom stereocenters. The van der Waals surface area contributed by atoms with Gasteiger partial charge in [-0.25, -0.2) is 12.8 Å². The Hall–Kier alpha value is -1.98. The Balaban J connectivity index is 2.22. The van der Waals surface area contributed by atoms with E-state index < -0.39 is 27.8 Å². The van der Waals surface area contributed by atoms with Gasteiger partial charge in [-0.15, -0.1) is 16.8 Å². The fraction of sp³-hybridized carbons (Fsp3) is 0.267. The molecule has 0 spiro atoms. The van der Waals surface area contributed by atoms with Crippen molar-refractivity contribution in [3.63, 3.8) is 0 Å². The predicted molar refractivity (Wildman–Crippen MR) is 103 cm³/mol. The molecule has 1 aromatic carbocycles. The molecule has 0 aliphatic rings. The minimum atomic E-state index is -3.90. The molecule has 0 radical (unpaired) electrons. The SMILES string of the molecule is C=CCSc1nnc(NC(=O)C(C)N(c2ccccc2F)S(C)(=O)=O)s1. The van der Waals surface area contributed by atoms with Crippen LogP contribution >= 0.6 is 23.1 Å². The lowest BCUT2D eigenvalue weighted by molar-refractivity contribution is -0.116. The van der Waals surface area contributed by atoms with Crippen molar-refractivity contribution in [3.8, 4) is 0 Å². The Bertz CT molecular complexity index is 901. The van der Waals surface area contributed by atoms with E-state index in [4.69, 9.17) is 0 Å². The second-order valence-corrected chi connectivity index (χ2v) is 9.25. The van der Waals surface area contributed by atoms with Gasteiger partial charge in [-0.1, -0.05) is 41.3 Å². The number of amides is 1. The fourth-order valence-electron chi connectivity index (χ4n) is 2.07. The molecule has 2 aromatic rings. The summed E-state index contributed by atoms with van der Waals surface area (Å²) in [5.41, 5.74) is -0.197. The van der Waals surface area contributed by atoms with E-state index in [9.17, 15) is 17.6 Å². The van der Waals surface area contributed by atoms with E-state index in [1.807, 2.05) is 0 Å². The van der Waals surface area contributed by atoms with Gasteiger partial charge in [-0.05, 0) is 19.1 Å². The first-order chi connectivity index (χ1) is 12.2. The van der Waals surface area contributed by atoms with Crippen molar-refractivity contribution in [2.75, 3.05) is 21.6 Å². The van der Waals surface area contributed by atoms with Crippen LogP contribution in [0.1, 0.15) is 6.92 Å². The van der Waals surface area contributed by atoms with Crippen LogP contribution in [0.5, 0.6) is 0 Å². The number of carbonyl (C=O) groups is 1. The number of para-hydroxylation sites is 1. The quantitative estimate of drug-likeness (QED) is 0.404. The molecule has 2 rings (SSSR count). The van der Waals surface area contributed by atoms with E-state index in [-0.39, 0.29) is 10.8 Å². The third-order valence-corrected chi connectivity index (χ3v) is 6.34. The molecule has 0 fully saturated rings. The molecule has 0 saturated carbocycles. The number of hydrogen-bond donors (Lipinski definition) is 1. The number of rotatable bonds is 8. The Kier molecular flexibility index (Phi) is 6.73. The summed E-state index contributed by atoms with van der Waals surface area (Å²) in [6.45, 7) is 4.98. The number of hydrogen-bond acceptors (Lipinski definition) is 7. The van der Waals surface area contributed by atoms with Crippen molar-refractivity contribution in [3.05, 3.63) is 42.7 Å². The van der Waals surface area contributed by atoms with Gasteiger partial charge in [0.05, 0.1) is 11.9 Å². The van der Waals surface area contributed by atoms with Crippen LogP contribution in [0.4, 0.5) is 15.2 Å². The average molecular weight is 417 g/mol. The highest BCUT2D eigenvalue weighted by Crippen LogP contribution is 2.27. The molecule has 1 N–H and O–H groups in total. The number of carbonyl (C=O) groups excluding carboxylic acids is 1. The van der Waals surface area contributed by atoms with E-state index in [1.54, 1.807) is 6.08 Å². The zero-order valence-corrected chi connectivity index (χ0v) is 16.5. The first kappa shape index (κ1) is 20.3.